The van der Waals surface area contributed by atoms with Gasteiger partial charge in [0.1, 0.15) is 54.4 Å². The SMILES string of the molecule is CCC(C)C(NC(=O)C(CCC(=O)O)NC(=O)C(N)CCCCNC(=O)c1ccc(C2=C3C(C(c4cc(C)cc(C(F)(F)F)c4)=NN2)C2C3C3C=CC2[C@@H]2C(=O)N(CCCC[C@H](N)C(=O)NCC(=O)NC(CCCNC(=N)N)C(=O)NCC(=O)NC(CC(=O)O)C(=O)NC(CO)C(=O)N4CCCC4C(=O)O)C(=O)C32)cc1)C(=O)NC(CC(C)C)C(=O)NC(CC(=O)O)C(=O)NC(C(=O)O)C(C)C. The molecule has 0 aromatic heterocycles. The number of amides is 14. The number of hydrazone groups is 1. The van der Waals surface area contributed by atoms with Crippen LogP contribution in [0, 0.1) is 71.5 Å². The monoisotopic (exact) mass is 1930 g/mol. The lowest BCUT2D eigenvalue weighted by atomic mass is 9.40. The molecule has 750 valence electrons. The minimum atomic E-state index is -4.74. The van der Waals surface area contributed by atoms with Crippen molar-refractivity contribution in [1.29, 1.82) is 5.41 Å². The number of carbonyl (C=O) groups is 19. The van der Waals surface area contributed by atoms with Crippen LogP contribution in [-0.4, -0.2) is 277 Å². The molecule has 0 radical (unpaired) electrons. The number of carbonyl (C=O) groups excluding carboxylic acids is 14. The van der Waals surface area contributed by atoms with E-state index in [0.717, 1.165) is 22.6 Å². The Morgan fingerprint density at radius 3 is 1.70 bits per heavy atom. The van der Waals surface area contributed by atoms with E-state index in [0.29, 0.717) is 23.2 Å². The molecular formula is C89H123F3N20O25. The van der Waals surface area contributed by atoms with Gasteiger partial charge in [-0.3, -0.25) is 97.2 Å². The van der Waals surface area contributed by atoms with E-state index in [-0.39, 0.29) is 120 Å². The average molecular weight is 1930 g/mol. The molecule has 3 aliphatic heterocycles. The van der Waals surface area contributed by atoms with Gasteiger partial charge in [0.05, 0.1) is 73.4 Å². The van der Waals surface area contributed by atoms with Crippen molar-refractivity contribution in [2.24, 2.45) is 81.5 Å². The molecule has 137 heavy (non-hydrogen) atoms. The van der Waals surface area contributed by atoms with Gasteiger partial charge in [-0.25, -0.2) is 9.59 Å². The predicted octanol–water partition coefficient (Wildman–Crippen LogP) is -2.17. The van der Waals surface area contributed by atoms with Gasteiger partial charge < -0.3 is 117 Å². The van der Waals surface area contributed by atoms with Crippen LogP contribution in [0.2, 0.25) is 0 Å². The number of hydrogen-bond donors (Lipinski definition) is 23. The van der Waals surface area contributed by atoms with Gasteiger partial charge in [0.15, 0.2) is 5.96 Å². The molecule has 2 aromatic rings. The number of fused-ring (bicyclic) bond motifs is 1. The third-order valence-electron chi connectivity index (χ3n) is 25.1. The van der Waals surface area contributed by atoms with Gasteiger partial charge in [0.25, 0.3) is 5.91 Å². The molecule has 48 heteroatoms. The van der Waals surface area contributed by atoms with E-state index in [1.165, 1.54) is 25.7 Å². The van der Waals surface area contributed by atoms with E-state index in [4.69, 9.17) is 27.7 Å². The lowest BCUT2D eigenvalue weighted by Crippen LogP contribution is -2.62. The minimum Gasteiger partial charge on any atom is -0.481 e. The predicted molar refractivity (Wildman–Crippen MR) is 478 cm³/mol. The molecule has 26 N–H and O–H groups in total. The van der Waals surface area contributed by atoms with Crippen LogP contribution in [0.3, 0.4) is 0 Å². The Labute approximate surface area is 785 Å². The van der Waals surface area contributed by atoms with Gasteiger partial charge in [0, 0.05) is 44.1 Å². The molecule has 2 saturated heterocycles. The standard InChI is InChI=1S/C89H123F3N20O25/c1-8-43(7)71(82(130)105-54(31-40(2)3)79(127)104-56(36-63(120)121)81(129)107-70(41(4)5)87(136)137)108-78(126)53(25-26-61(116)117)103-76(124)51(94)15-9-11-27-97-74(122)45-21-19-44(20-22-45)72-68-64-48-23-24-49(65(64)69(68)73(110-109-72)46-32-42(6)33-47(34-46)89(90,91)92)67-66(48)84(132)112(85(67)133)29-12-10-16-50(93)75(123)99-37-59(114)101-52(17-13-28-98-88(95)96)77(125)100-38-60(115)102-55(35-62(118)119)80(128)106-57(39-113)83(131)111-30-14-18-58(111)86(134)135/h19-24,32-34,40-41,43,48-58,64-67,69-71,109,113H,8-18,25-31,35-39,93-94H2,1-7H3,(H,97,122)(H,99,123)(H,100,125)(H,101,114)(H,102,115)(H,103,124)(H,104,127)(H,105,130)(H,106,128)(H,107,129)(H,108,126)(H,116,117)(H,118,119)(H,120,121)(H,134,135)(H,136,137)(H4,95,96,98)/t43?,48?,49?,50-,51?,52?,53?,54?,55?,56?,57?,58?,64?,65?,66?,67-,69?,70?,71?/m0/s1. The van der Waals surface area contributed by atoms with Crippen LogP contribution in [0.15, 0.2) is 65.3 Å². The first-order valence-corrected chi connectivity index (χ1v) is 45.3. The largest absolute Gasteiger partial charge is 0.481 e. The number of nitrogens with zero attached hydrogens (tertiary/aromatic N) is 3. The van der Waals surface area contributed by atoms with Crippen molar-refractivity contribution < 1.29 is 135 Å². The van der Waals surface area contributed by atoms with Crippen molar-refractivity contribution in [1.82, 2.24) is 79.0 Å². The van der Waals surface area contributed by atoms with E-state index in [9.17, 15) is 135 Å². The number of imide groups is 1. The summed E-state index contributed by atoms with van der Waals surface area (Å²) in [5.74, 6) is -26.0. The second-order valence-corrected chi connectivity index (χ2v) is 35.9. The highest BCUT2D eigenvalue weighted by molar-refractivity contribution is 6.10. The van der Waals surface area contributed by atoms with Crippen molar-refractivity contribution in [2.75, 3.05) is 45.9 Å². The van der Waals surface area contributed by atoms with Gasteiger partial charge in [-0.15, -0.1) is 0 Å². The average Bonchev–Trinajstić information content (AvgIpc) is 1.64. The van der Waals surface area contributed by atoms with Crippen molar-refractivity contribution in [2.45, 2.75) is 224 Å². The highest BCUT2D eigenvalue weighted by atomic mass is 19.4. The number of halogens is 3. The highest BCUT2D eigenvalue weighted by Crippen LogP contribution is 2.68. The quantitative estimate of drug-likeness (QED) is 0.0110. The Hall–Kier alpha value is -13.5. The minimum absolute atomic E-state index is 0.000260. The summed E-state index contributed by atoms with van der Waals surface area (Å²) in [5.41, 5.74) is 22.8. The number of rotatable bonds is 53. The number of hydrogen-bond acceptors (Lipinski definition) is 25. The topological polar surface area (TPSA) is 723 Å². The van der Waals surface area contributed by atoms with Crippen molar-refractivity contribution in [3.8, 4) is 0 Å². The van der Waals surface area contributed by atoms with Gasteiger partial charge >= 0.3 is 36.0 Å². The Balaban J connectivity index is 0.853. The number of aliphatic hydroxyl groups is 1. The number of guanidine groups is 1. The fourth-order valence-corrected chi connectivity index (χ4v) is 18.0. The summed E-state index contributed by atoms with van der Waals surface area (Å²) in [7, 11) is 0. The van der Waals surface area contributed by atoms with E-state index in [2.05, 4.69) is 69.2 Å². The number of allylic oxidation sites excluding steroid dienone is 3. The van der Waals surface area contributed by atoms with Gasteiger partial charge in [-0.2, -0.15) is 18.3 Å². The molecule has 0 spiro atoms. The van der Waals surface area contributed by atoms with Crippen LogP contribution >= 0.6 is 0 Å². The number of carboxylic acid groups (broad SMARTS) is 5. The summed E-state index contributed by atoms with van der Waals surface area (Å²) in [4.78, 5) is 253. The van der Waals surface area contributed by atoms with Crippen LogP contribution in [0.1, 0.15) is 177 Å². The van der Waals surface area contributed by atoms with Crippen LogP contribution < -0.4 is 86.4 Å². The van der Waals surface area contributed by atoms with Gasteiger partial charge in [0.2, 0.25) is 76.8 Å². The number of unbranched alkanes of at least 4 members (excludes halogenated alkanes) is 2. The zero-order valence-electron chi connectivity index (χ0n) is 76.7. The maximum absolute atomic E-state index is 14.7. The lowest BCUT2D eigenvalue weighted by molar-refractivity contribution is -0.150. The van der Waals surface area contributed by atoms with E-state index >= 15 is 0 Å². The van der Waals surface area contributed by atoms with Crippen LogP contribution in [0.5, 0.6) is 0 Å². The summed E-state index contributed by atoms with van der Waals surface area (Å²) in [6.45, 7) is 8.54. The van der Waals surface area contributed by atoms with Crippen molar-refractivity contribution in [3.63, 3.8) is 0 Å². The van der Waals surface area contributed by atoms with Gasteiger partial charge in [-0.1, -0.05) is 78.3 Å². The molecule has 4 aliphatic carbocycles. The van der Waals surface area contributed by atoms with E-state index < -0.39 is 295 Å². The number of nitrogens with two attached hydrogens (primary N) is 3. The molecule has 19 atom stereocenters. The molecule has 3 heterocycles. The molecule has 2 aromatic carbocycles. The first kappa shape index (κ1) is 109. The van der Waals surface area contributed by atoms with Crippen LogP contribution in [0.25, 0.3) is 5.70 Å². The fourth-order valence-electron chi connectivity index (χ4n) is 18.0. The van der Waals surface area contributed by atoms with E-state index in [1.807, 2.05) is 12.2 Å². The second kappa shape index (κ2) is 49.3. The number of aliphatic carboxylic acids is 5. The van der Waals surface area contributed by atoms with Crippen molar-refractivity contribution in [3.05, 3.63) is 88.0 Å². The molecule has 17 unspecified atom stereocenters. The summed E-state index contributed by atoms with van der Waals surface area (Å²) < 4.78 is 43.6. The molecule has 9 rings (SSSR count). The first-order chi connectivity index (χ1) is 64.6. The Bertz CT molecular complexity index is 4990. The number of likely N-dealkylation sites (tertiary alicyclic amines) is 2. The smallest absolute Gasteiger partial charge is 0.416 e. The fraction of sp³-hybridized carbons (Fsp3) is 0.584. The molecular weight excluding hydrogens is 1810 g/mol. The molecule has 2 saturated carbocycles. The summed E-state index contributed by atoms with van der Waals surface area (Å²) >= 11 is 0. The third-order valence-corrected chi connectivity index (χ3v) is 25.1. The first-order valence-electron chi connectivity index (χ1n) is 45.3. The molecule has 14 amide bonds. The summed E-state index contributed by atoms with van der Waals surface area (Å²) in [5, 5.41) is 99.0. The summed E-state index contributed by atoms with van der Waals surface area (Å²) in [6.07, 6.45) is -2.69. The number of aryl methyl sites for hydroxylation is 1. The maximum atomic E-state index is 14.7. The molecule has 45 nitrogen and oxygen atoms in total. The second-order valence-electron chi connectivity index (χ2n) is 35.9. The third kappa shape index (κ3) is 29.0. The zero-order valence-corrected chi connectivity index (χ0v) is 76.7. The van der Waals surface area contributed by atoms with E-state index in [1.54, 1.807) is 58.0 Å². The Kier molecular flexibility index (Phi) is 39.1. The number of nitrogens with one attached hydrogen (secondary N) is 14. The number of alkyl halides is 3. The lowest BCUT2D eigenvalue weighted by Gasteiger charge is -2.62. The highest BCUT2D eigenvalue weighted by Gasteiger charge is 2.70. The number of carboxylic acids is 5. The summed E-state index contributed by atoms with van der Waals surface area (Å²) in [6, 6.07) is -6.49. The Morgan fingerprint density at radius 2 is 1.12 bits per heavy atom. The van der Waals surface area contributed by atoms with Crippen molar-refractivity contribution >= 4 is 130 Å². The normalized spacial score (nSPS) is 20.8. The zero-order chi connectivity index (χ0) is 101. The van der Waals surface area contributed by atoms with Crippen LogP contribution in [0.4, 0.5) is 13.2 Å². The maximum Gasteiger partial charge on any atom is 0.416 e. The molecule has 4 fully saturated rings. The molecule has 2 bridgehead atoms. The molecule has 7 aliphatic rings. The number of benzene rings is 2. The Morgan fingerprint density at radius 1 is 0.577 bits per heavy atom. The number of aliphatic hydroxyl groups excluding tert-OH is 1. The van der Waals surface area contributed by atoms with Crippen LogP contribution in [-0.2, 0) is 92.5 Å². The van der Waals surface area contributed by atoms with Gasteiger partial charge in [-0.05, 0) is 172 Å².